The van der Waals surface area contributed by atoms with Gasteiger partial charge in [0.15, 0.2) is 17.8 Å². The van der Waals surface area contributed by atoms with Crippen molar-refractivity contribution in [3.05, 3.63) is 29.4 Å². The molecular formula is C20H28N4O5S. The van der Waals surface area contributed by atoms with Crippen molar-refractivity contribution < 1.29 is 22.4 Å². The van der Waals surface area contributed by atoms with Crippen LogP contribution in [0.3, 0.4) is 0 Å². The van der Waals surface area contributed by atoms with Gasteiger partial charge in [-0.1, -0.05) is 6.92 Å². The van der Waals surface area contributed by atoms with E-state index in [0.29, 0.717) is 30.6 Å². The number of nitrogens with one attached hydrogen (secondary N) is 1. The van der Waals surface area contributed by atoms with Crippen LogP contribution < -0.4 is 4.72 Å². The number of nitrogens with zero attached hydrogens (tertiary/aromatic N) is 3. The third-order valence-electron chi connectivity index (χ3n) is 6.17. The topological polar surface area (TPSA) is 104 Å². The molecule has 3 heterocycles. The number of hydrogen-bond donors (Lipinski definition) is 1. The molecule has 1 amide bonds. The summed E-state index contributed by atoms with van der Waals surface area (Å²) in [5.41, 5.74) is 0.160. The van der Waals surface area contributed by atoms with Gasteiger partial charge in [-0.25, -0.2) is 13.4 Å². The number of ether oxygens (including phenoxy) is 1. The van der Waals surface area contributed by atoms with Gasteiger partial charge in [0, 0.05) is 30.4 Å². The number of fused-ring (bicyclic) bond motifs is 1. The van der Waals surface area contributed by atoms with Crippen LogP contribution >= 0.6 is 0 Å². The molecule has 1 aromatic heterocycles. The van der Waals surface area contributed by atoms with E-state index in [1.54, 1.807) is 25.9 Å². The number of rotatable bonds is 7. The van der Waals surface area contributed by atoms with E-state index in [4.69, 9.17) is 9.15 Å². The SMILES string of the molecule is CCS(=O)(=O)NC1N=C=C(OCC2CC2)[C@H](C2(C)CN(C)C(=O)c3occc32)N1C. The predicted octanol–water partition coefficient (Wildman–Crippen LogP) is 1.14. The van der Waals surface area contributed by atoms with Crippen LogP contribution in [0.25, 0.3) is 0 Å². The van der Waals surface area contributed by atoms with Crippen LogP contribution in [0.2, 0.25) is 0 Å². The molecule has 30 heavy (non-hydrogen) atoms. The van der Waals surface area contributed by atoms with Crippen molar-refractivity contribution >= 4 is 21.8 Å². The van der Waals surface area contributed by atoms with E-state index in [1.165, 1.54) is 6.26 Å². The third-order valence-corrected chi connectivity index (χ3v) is 7.50. The average Bonchev–Trinajstić information content (AvgIpc) is 3.39. The Morgan fingerprint density at radius 3 is 2.80 bits per heavy atom. The molecule has 2 unspecified atom stereocenters. The highest BCUT2D eigenvalue weighted by Gasteiger charge is 2.52. The second kappa shape index (κ2) is 7.53. The van der Waals surface area contributed by atoms with Crippen LogP contribution in [0.5, 0.6) is 0 Å². The predicted molar refractivity (Wildman–Crippen MR) is 111 cm³/mol. The number of hydrogen-bond acceptors (Lipinski definition) is 7. The van der Waals surface area contributed by atoms with Crippen molar-refractivity contribution in [3.8, 4) is 0 Å². The maximum absolute atomic E-state index is 12.6. The van der Waals surface area contributed by atoms with Crippen molar-refractivity contribution in [2.45, 2.75) is 44.4 Å². The molecule has 0 radical (unpaired) electrons. The van der Waals surface area contributed by atoms with Crippen molar-refractivity contribution in [2.24, 2.45) is 10.9 Å². The fraction of sp³-hybridized carbons (Fsp3) is 0.650. The van der Waals surface area contributed by atoms with Gasteiger partial charge in [0.1, 0.15) is 0 Å². The van der Waals surface area contributed by atoms with Crippen molar-refractivity contribution in [1.29, 1.82) is 0 Å². The number of carbonyl (C=O) groups is 1. The highest BCUT2D eigenvalue weighted by molar-refractivity contribution is 7.89. The van der Waals surface area contributed by atoms with Crippen LogP contribution in [-0.4, -0.2) is 75.3 Å². The van der Waals surface area contributed by atoms with E-state index in [0.717, 1.165) is 18.4 Å². The lowest BCUT2D eigenvalue weighted by molar-refractivity contribution is 0.0365. The Hall–Kier alpha value is -2.13. The van der Waals surface area contributed by atoms with Gasteiger partial charge in [-0.2, -0.15) is 4.72 Å². The number of likely N-dealkylation sites (N-methyl/N-ethyl adjacent to an activating group) is 2. The third kappa shape index (κ3) is 3.69. The lowest BCUT2D eigenvalue weighted by atomic mass is 9.72. The summed E-state index contributed by atoms with van der Waals surface area (Å²) in [6.45, 7) is 4.60. The average molecular weight is 437 g/mol. The molecule has 1 aliphatic carbocycles. The summed E-state index contributed by atoms with van der Waals surface area (Å²) in [6.07, 6.45) is 2.99. The molecule has 1 saturated carbocycles. The van der Waals surface area contributed by atoms with Gasteiger partial charge in [0.2, 0.25) is 10.0 Å². The van der Waals surface area contributed by atoms with Crippen molar-refractivity contribution in [1.82, 2.24) is 14.5 Å². The Kier molecular flexibility index (Phi) is 5.30. The molecule has 10 heteroatoms. The molecule has 0 spiro atoms. The second-order valence-corrected chi connectivity index (χ2v) is 10.6. The molecular weight excluding hydrogens is 408 g/mol. The van der Waals surface area contributed by atoms with E-state index in [-0.39, 0.29) is 11.7 Å². The smallest absolute Gasteiger partial charge is 0.289 e. The monoisotopic (exact) mass is 436 g/mol. The molecule has 4 rings (SSSR count). The van der Waals surface area contributed by atoms with Crippen LogP contribution in [0.1, 0.15) is 42.8 Å². The van der Waals surface area contributed by atoms with Gasteiger partial charge in [-0.15, -0.1) is 0 Å². The summed E-state index contributed by atoms with van der Waals surface area (Å²) in [7, 11) is 0.0492. The minimum atomic E-state index is -3.49. The Bertz CT molecular complexity index is 1010. The fourth-order valence-electron chi connectivity index (χ4n) is 4.28. The lowest BCUT2D eigenvalue weighted by Gasteiger charge is -2.48. The van der Waals surface area contributed by atoms with Gasteiger partial charge >= 0.3 is 0 Å². The number of furan rings is 1. The van der Waals surface area contributed by atoms with Gasteiger partial charge in [-0.05, 0) is 38.8 Å². The molecule has 3 atom stereocenters. The van der Waals surface area contributed by atoms with E-state index in [1.807, 2.05) is 17.9 Å². The molecule has 0 bridgehead atoms. The fourth-order valence-corrected chi connectivity index (χ4v) is 4.99. The van der Waals surface area contributed by atoms with Gasteiger partial charge < -0.3 is 14.1 Å². The van der Waals surface area contributed by atoms with E-state index in [2.05, 4.69) is 15.6 Å². The molecule has 1 N–H and O–H groups in total. The molecule has 3 aliphatic rings. The molecule has 0 aromatic carbocycles. The van der Waals surface area contributed by atoms with Crippen LogP contribution in [-0.2, 0) is 20.2 Å². The summed E-state index contributed by atoms with van der Waals surface area (Å²) in [5.74, 6) is 4.13. The maximum atomic E-state index is 12.6. The summed E-state index contributed by atoms with van der Waals surface area (Å²) in [4.78, 5) is 20.3. The Labute approximate surface area is 176 Å². The van der Waals surface area contributed by atoms with E-state index in [9.17, 15) is 13.2 Å². The normalized spacial score (nSPS) is 29.7. The highest BCUT2D eigenvalue weighted by atomic mass is 32.2. The molecule has 9 nitrogen and oxygen atoms in total. The first-order chi connectivity index (χ1) is 14.2. The van der Waals surface area contributed by atoms with Crippen molar-refractivity contribution in [3.63, 3.8) is 0 Å². The molecule has 0 saturated heterocycles. The molecule has 2 aliphatic heterocycles. The van der Waals surface area contributed by atoms with Crippen molar-refractivity contribution in [2.75, 3.05) is 33.0 Å². The quantitative estimate of drug-likeness (QED) is 0.687. The van der Waals surface area contributed by atoms with Crippen LogP contribution in [0, 0.1) is 5.92 Å². The summed E-state index contributed by atoms with van der Waals surface area (Å²) in [6, 6.07) is 1.41. The van der Waals surface area contributed by atoms with E-state index >= 15 is 0 Å². The molecule has 164 valence electrons. The minimum Gasteiger partial charge on any atom is -0.486 e. The summed E-state index contributed by atoms with van der Waals surface area (Å²) >= 11 is 0. The highest BCUT2D eigenvalue weighted by Crippen LogP contribution is 2.42. The number of carbonyl (C=O) groups excluding carboxylic acids is 1. The summed E-state index contributed by atoms with van der Waals surface area (Å²) < 4.78 is 38.7. The molecule has 1 aromatic rings. The van der Waals surface area contributed by atoms with Gasteiger partial charge in [0.25, 0.3) is 5.91 Å². The Balaban J connectivity index is 1.75. The zero-order valence-corrected chi connectivity index (χ0v) is 18.5. The van der Waals surface area contributed by atoms with Crippen LogP contribution in [0.4, 0.5) is 0 Å². The van der Waals surface area contributed by atoms with Gasteiger partial charge in [0.05, 0.1) is 24.7 Å². The zero-order chi connectivity index (χ0) is 21.7. The first-order valence-electron chi connectivity index (χ1n) is 10.2. The molecule has 1 fully saturated rings. The standard InChI is InChI=1S/C20H28N4O5S/c1-5-30(26,27)22-19-21-10-15(29-11-13-6-7-13)17(24(19)4)20(2)12-23(3)18(25)16-14(20)8-9-28-16/h8-9,13,17,19,22H,5-7,11-12H2,1-4H3/t17-,19?,20?/m1/s1. The number of sulfonamides is 1. The largest absolute Gasteiger partial charge is 0.486 e. The lowest BCUT2D eigenvalue weighted by Crippen LogP contribution is -2.62. The van der Waals surface area contributed by atoms with Gasteiger partial charge in [-0.3, -0.25) is 9.69 Å². The minimum absolute atomic E-state index is 0.0489. The first-order valence-corrected chi connectivity index (χ1v) is 11.8. The Morgan fingerprint density at radius 1 is 1.40 bits per heavy atom. The van der Waals surface area contributed by atoms with E-state index < -0.39 is 27.8 Å². The summed E-state index contributed by atoms with van der Waals surface area (Å²) in [5, 5.41) is 0. The number of amides is 1. The van der Waals surface area contributed by atoms with Crippen LogP contribution in [0.15, 0.2) is 27.5 Å². The zero-order valence-electron chi connectivity index (χ0n) is 17.7. The second-order valence-electron chi connectivity index (χ2n) is 8.56. The maximum Gasteiger partial charge on any atom is 0.289 e. The Morgan fingerprint density at radius 2 is 2.13 bits per heavy atom. The number of aliphatic imine (C=N–C) groups is 1. The first kappa shape index (κ1) is 21.1.